The molecule has 0 amide bonds. The predicted molar refractivity (Wildman–Crippen MR) is 76.5 cm³/mol. The third-order valence-corrected chi connectivity index (χ3v) is 4.35. The van der Waals surface area contributed by atoms with Gasteiger partial charge in [0.05, 0.1) is 4.47 Å². The number of nitrogens with zero attached hydrogens (tertiary/aromatic N) is 2. The summed E-state index contributed by atoms with van der Waals surface area (Å²) in [5.41, 5.74) is 1.01. The number of benzene rings is 1. The van der Waals surface area contributed by atoms with Crippen molar-refractivity contribution in [3.8, 4) is 0 Å². The second-order valence-corrected chi connectivity index (χ2v) is 5.69. The summed E-state index contributed by atoms with van der Waals surface area (Å²) in [7, 11) is 0. The Hall–Kier alpha value is -0.160. The van der Waals surface area contributed by atoms with Gasteiger partial charge in [0.15, 0.2) is 0 Å². The van der Waals surface area contributed by atoms with Crippen LogP contribution in [-0.4, -0.2) is 48.4 Å². The molecule has 1 saturated heterocycles. The zero-order chi connectivity index (χ0) is 13.0. The molecule has 0 aromatic heterocycles. The van der Waals surface area contributed by atoms with Crippen LogP contribution in [0.5, 0.6) is 0 Å². The van der Waals surface area contributed by atoms with E-state index < -0.39 is 0 Å². The van der Waals surface area contributed by atoms with Crippen molar-refractivity contribution in [2.45, 2.75) is 6.54 Å². The van der Waals surface area contributed by atoms with Crippen LogP contribution >= 0.6 is 27.5 Å². The van der Waals surface area contributed by atoms with Crippen LogP contribution in [0.2, 0.25) is 0 Å². The summed E-state index contributed by atoms with van der Waals surface area (Å²) in [5, 5.41) is 0. The summed E-state index contributed by atoms with van der Waals surface area (Å²) < 4.78 is 14.0. The third kappa shape index (κ3) is 3.67. The van der Waals surface area contributed by atoms with Gasteiger partial charge in [0.2, 0.25) is 0 Å². The summed E-state index contributed by atoms with van der Waals surface area (Å²) >= 11 is 9.05. The van der Waals surface area contributed by atoms with Crippen LogP contribution in [0.3, 0.4) is 0 Å². The number of hydrogen-bond acceptors (Lipinski definition) is 2. The monoisotopic (exact) mass is 334 g/mol. The van der Waals surface area contributed by atoms with Crippen molar-refractivity contribution in [3.05, 3.63) is 34.1 Å². The molecule has 18 heavy (non-hydrogen) atoms. The molecule has 100 valence electrons. The van der Waals surface area contributed by atoms with Crippen LogP contribution < -0.4 is 0 Å². The maximum absolute atomic E-state index is 13.4. The Morgan fingerprint density at radius 1 is 1.17 bits per heavy atom. The van der Waals surface area contributed by atoms with Gasteiger partial charge in [-0.05, 0) is 27.6 Å². The summed E-state index contributed by atoms with van der Waals surface area (Å²) in [6.45, 7) is 5.87. The molecular formula is C13H17BrClFN2. The van der Waals surface area contributed by atoms with Gasteiger partial charge < -0.3 is 0 Å². The number of piperazine rings is 1. The molecule has 1 aliphatic rings. The standard InChI is InChI=1S/C13H17BrClFN2/c14-13-11(2-1-3-12(13)16)10-18-8-6-17(5-4-15)7-9-18/h1-3H,4-10H2. The summed E-state index contributed by atoms with van der Waals surface area (Å²) in [4.78, 5) is 4.72. The number of alkyl halides is 1. The van der Waals surface area contributed by atoms with Gasteiger partial charge in [-0.1, -0.05) is 12.1 Å². The lowest BCUT2D eigenvalue weighted by Crippen LogP contribution is -2.46. The topological polar surface area (TPSA) is 6.48 Å². The fourth-order valence-electron chi connectivity index (χ4n) is 2.20. The minimum atomic E-state index is -0.187. The Morgan fingerprint density at radius 2 is 1.83 bits per heavy atom. The molecule has 0 saturated carbocycles. The molecule has 5 heteroatoms. The first-order chi connectivity index (χ1) is 8.70. The Kier molecular flexibility index (Phi) is 5.42. The van der Waals surface area contributed by atoms with Crippen molar-refractivity contribution in [2.24, 2.45) is 0 Å². The van der Waals surface area contributed by atoms with Crippen molar-refractivity contribution in [3.63, 3.8) is 0 Å². The average molecular weight is 336 g/mol. The molecule has 0 radical (unpaired) electrons. The lowest BCUT2D eigenvalue weighted by atomic mass is 10.2. The summed E-state index contributed by atoms with van der Waals surface area (Å²) in [6, 6.07) is 5.21. The molecule has 1 fully saturated rings. The van der Waals surface area contributed by atoms with Crippen LogP contribution in [0, 0.1) is 5.82 Å². The lowest BCUT2D eigenvalue weighted by molar-refractivity contribution is 0.132. The molecule has 0 aliphatic carbocycles. The Labute approximate surface area is 121 Å². The van der Waals surface area contributed by atoms with E-state index >= 15 is 0 Å². The van der Waals surface area contributed by atoms with Gasteiger partial charge in [0.25, 0.3) is 0 Å². The van der Waals surface area contributed by atoms with Gasteiger partial charge in [0, 0.05) is 45.1 Å². The SMILES string of the molecule is Fc1cccc(CN2CCN(CCCl)CC2)c1Br. The first-order valence-electron chi connectivity index (χ1n) is 6.14. The highest BCUT2D eigenvalue weighted by Crippen LogP contribution is 2.22. The largest absolute Gasteiger partial charge is 0.300 e. The molecule has 2 rings (SSSR count). The normalized spacial score (nSPS) is 18.2. The van der Waals surface area contributed by atoms with Crippen molar-refractivity contribution in [1.82, 2.24) is 9.80 Å². The van der Waals surface area contributed by atoms with E-state index in [0.29, 0.717) is 10.4 Å². The zero-order valence-corrected chi connectivity index (χ0v) is 12.6. The molecule has 1 aliphatic heterocycles. The maximum Gasteiger partial charge on any atom is 0.137 e. The highest BCUT2D eigenvalue weighted by Gasteiger charge is 2.17. The fourth-order valence-corrected chi connectivity index (χ4v) is 2.83. The van der Waals surface area contributed by atoms with Gasteiger partial charge in [0.1, 0.15) is 5.82 Å². The van der Waals surface area contributed by atoms with E-state index in [1.54, 1.807) is 6.07 Å². The second-order valence-electron chi connectivity index (χ2n) is 4.52. The van der Waals surface area contributed by atoms with E-state index in [1.807, 2.05) is 6.07 Å². The van der Waals surface area contributed by atoms with Crippen molar-refractivity contribution in [2.75, 3.05) is 38.6 Å². The summed E-state index contributed by atoms with van der Waals surface area (Å²) in [5.74, 6) is 0.503. The van der Waals surface area contributed by atoms with Gasteiger partial charge >= 0.3 is 0 Å². The smallest absolute Gasteiger partial charge is 0.137 e. The number of rotatable bonds is 4. The quantitative estimate of drug-likeness (QED) is 0.781. The Balaban J connectivity index is 1.90. The van der Waals surface area contributed by atoms with Gasteiger partial charge in [-0.3, -0.25) is 9.80 Å². The molecule has 0 unspecified atom stereocenters. The zero-order valence-electron chi connectivity index (χ0n) is 10.2. The number of hydrogen-bond donors (Lipinski definition) is 0. The van der Waals surface area contributed by atoms with E-state index in [0.717, 1.165) is 44.8 Å². The molecule has 1 heterocycles. The van der Waals surface area contributed by atoms with Crippen LogP contribution in [0.1, 0.15) is 5.56 Å². The minimum Gasteiger partial charge on any atom is -0.300 e. The van der Waals surface area contributed by atoms with Crippen LogP contribution in [0.15, 0.2) is 22.7 Å². The third-order valence-electron chi connectivity index (χ3n) is 3.29. The first-order valence-corrected chi connectivity index (χ1v) is 7.47. The van der Waals surface area contributed by atoms with Gasteiger partial charge in [-0.15, -0.1) is 11.6 Å². The molecular weight excluding hydrogens is 319 g/mol. The molecule has 2 nitrogen and oxygen atoms in total. The Morgan fingerprint density at radius 3 is 2.50 bits per heavy atom. The second kappa shape index (κ2) is 6.85. The fraction of sp³-hybridized carbons (Fsp3) is 0.538. The first kappa shape index (κ1) is 14.3. The maximum atomic E-state index is 13.4. The van der Waals surface area contributed by atoms with Crippen LogP contribution in [-0.2, 0) is 6.54 Å². The van der Waals surface area contributed by atoms with Crippen LogP contribution in [0.4, 0.5) is 4.39 Å². The average Bonchev–Trinajstić information content (AvgIpc) is 2.38. The van der Waals surface area contributed by atoms with Crippen molar-refractivity contribution < 1.29 is 4.39 Å². The van der Waals surface area contributed by atoms with E-state index in [-0.39, 0.29) is 5.82 Å². The molecule has 0 spiro atoms. The van der Waals surface area contributed by atoms with Crippen molar-refractivity contribution in [1.29, 1.82) is 0 Å². The number of halogens is 3. The van der Waals surface area contributed by atoms with E-state index in [4.69, 9.17) is 11.6 Å². The van der Waals surface area contributed by atoms with E-state index in [9.17, 15) is 4.39 Å². The molecule has 0 atom stereocenters. The Bertz CT molecular complexity index is 395. The minimum absolute atomic E-state index is 0.187. The van der Waals surface area contributed by atoms with Crippen molar-refractivity contribution >= 4 is 27.5 Å². The predicted octanol–water partition coefficient (Wildman–Crippen LogP) is 2.94. The highest BCUT2D eigenvalue weighted by atomic mass is 79.9. The highest BCUT2D eigenvalue weighted by molar-refractivity contribution is 9.10. The molecule has 0 bridgehead atoms. The van der Waals surface area contributed by atoms with Gasteiger partial charge in [-0.2, -0.15) is 0 Å². The van der Waals surface area contributed by atoms with E-state index in [1.165, 1.54) is 6.07 Å². The lowest BCUT2D eigenvalue weighted by Gasteiger charge is -2.34. The summed E-state index contributed by atoms with van der Waals surface area (Å²) in [6.07, 6.45) is 0. The van der Waals surface area contributed by atoms with E-state index in [2.05, 4.69) is 25.7 Å². The molecule has 1 aromatic carbocycles. The molecule has 1 aromatic rings. The van der Waals surface area contributed by atoms with Crippen LogP contribution in [0.25, 0.3) is 0 Å². The van der Waals surface area contributed by atoms with Gasteiger partial charge in [-0.25, -0.2) is 4.39 Å². The molecule has 0 N–H and O–H groups in total.